The lowest BCUT2D eigenvalue weighted by molar-refractivity contribution is -0.140. The Morgan fingerprint density at radius 2 is 1.86 bits per heavy atom. The van der Waals surface area contributed by atoms with Gasteiger partial charge in [-0.15, -0.1) is 0 Å². The predicted octanol–water partition coefficient (Wildman–Crippen LogP) is -0.840. The largest absolute Gasteiger partial charge is 0.512 e. The molecule has 0 aliphatic carbocycles. The fourth-order valence-electron chi connectivity index (χ4n) is 0. The molecule has 0 radical (unpaired) electrons. The highest BCUT2D eigenvalue weighted by Crippen LogP contribution is 1.48. The van der Waals surface area contributed by atoms with Crippen molar-refractivity contribution in [1.82, 2.24) is 0 Å². The molecule has 0 fully saturated rings. The second-order valence-corrected chi connectivity index (χ2v) is 0.552. The van der Waals surface area contributed by atoms with E-state index >= 15 is 0 Å². The first-order valence-electron chi connectivity index (χ1n) is 1.32. The summed E-state index contributed by atoms with van der Waals surface area (Å²) in [7, 11) is 0. The Bertz CT molecular complexity index is 67.8. The van der Waals surface area contributed by atoms with Gasteiger partial charge >= 0.3 is 5.97 Å². The maximum atomic E-state index is 9.12. The topological polar surface area (TPSA) is 81.3 Å². The van der Waals surface area contributed by atoms with Gasteiger partial charge in [-0.2, -0.15) is 0 Å². The quantitative estimate of drug-likeness (QED) is 0.423. The van der Waals surface area contributed by atoms with Crippen LogP contribution in [-0.2, 0) is 4.79 Å². The molecule has 0 atom stereocenters. The van der Waals surface area contributed by atoms with E-state index in [0.29, 0.717) is 0 Å². The molecule has 0 aromatic carbocycles. The molecule has 0 saturated carbocycles. The molecular weight excluding hydrogens is 98.0 g/mol. The minimum Gasteiger partial charge on any atom is -0.512 e. The van der Waals surface area contributed by atoms with E-state index in [1.807, 2.05) is 0 Å². The first kappa shape index (κ1) is 9.33. The Hall–Kier alpha value is -1.08. The van der Waals surface area contributed by atoms with Crippen LogP contribution in [0.5, 0.6) is 0 Å². The summed E-state index contributed by atoms with van der Waals surface area (Å²) in [6.45, 7) is 3.97. The van der Waals surface area contributed by atoms with E-state index in [0.717, 1.165) is 0 Å². The van der Waals surface area contributed by atoms with Gasteiger partial charge in [0.25, 0.3) is 0 Å². The average molecular weight is 102 g/mol. The molecule has 0 saturated heterocycles. The molecule has 0 aromatic rings. The van der Waals surface area contributed by atoms with E-state index < -0.39 is 12.6 Å². The van der Waals surface area contributed by atoms with Gasteiger partial charge < -0.3 is 22.0 Å². The van der Waals surface area contributed by atoms with E-state index in [1.165, 1.54) is 0 Å². The standard InChI is InChI=1S/C2H4O3.CN/c3-1-2(4)5;1-2/h3H,1H2,(H,4,5);/q;-1. The van der Waals surface area contributed by atoms with Crippen molar-refractivity contribution in [2.24, 2.45) is 0 Å². The summed E-state index contributed by atoms with van der Waals surface area (Å²) in [6.07, 6.45) is 0. The highest BCUT2D eigenvalue weighted by Gasteiger charge is 1.82. The number of aliphatic hydroxyl groups excluding tert-OH is 1. The van der Waals surface area contributed by atoms with Crippen LogP contribution < -0.4 is 0 Å². The Balaban J connectivity index is 0. The van der Waals surface area contributed by atoms with Crippen molar-refractivity contribution in [3.8, 4) is 0 Å². The van der Waals surface area contributed by atoms with Crippen LogP contribution in [-0.4, -0.2) is 22.8 Å². The second-order valence-electron chi connectivity index (χ2n) is 0.552. The summed E-state index contributed by atoms with van der Waals surface area (Å²) < 4.78 is 0. The molecule has 0 aliphatic heterocycles. The third-order valence-electron chi connectivity index (χ3n) is 0.135. The number of rotatable bonds is 1. The molecule has 4 nitrogen and oxygen atoms in total. The van der Waals surface area contributed by atoms with Gasteiger partial charge in [-0.25, -0.2) is 4.79 Å². The van der Waals surface area contributed by atoms with Crippen LogP contribution in [0.1, 0.15) is 0 Å². The molecule has 0 unspecified atom stereocenters. The van der Waals surface area contributed by atoms with Crippen molar-refractivity contribution < 1.29 is 15.0 Å². The monoisotopic (exact) mass is 102 g/mol. The van der Waals surface area contributed by atoms with Crippen LogP contribution in [0.25, 0.3) is 0 Å². The van der Waals surface area contributed by atoms with Crippen LogP contribution in [0.3, 0.4) is 0 Å². The highest BCUT2D eigenvalue weighted by atomic mass is 16.4. The third-order valence-corrected chi connectivity index (χ3v) is 0.135. The maximum Gasteiger partial charge on any atom is 0.329 e. The van der Waals surface area contributed by atoms with E-state index in [9.17, 15) is 0 Å². The summed E-state index contributed by atoms with van der Waals surface area (Å²) in [6, 6.07) is 0. The average Bonchev–Trinajstić information content (AvgIpc) is 1.73. The summed E-state index contributed by atoms with van der Waals surface area (Å²) in [5, 5.41) is 21.3. The number of aliphatic carboxylic acids is 1. The fourth-order valence-corrected chi connectivity index (χ4v) is 0. The number of hydrogen-bond donors (Lipinski definition) is 2. The van der Waals surface area contributed by atoms with E-state index in [-0.39, 0.29) is 0 Å². The van der Waals surface area contributed by atoms with Gasteiger partial charge in [0.1, 0.15) is 6.61 Å². The van der Waals surface area contributed by atoms with Gasteiger partial charge in [0.2, 0.25) is 0 Å². The van der Waals surface area contributed by atoms with Gasteiger partial charge in [-0.3, -0.25) is 0 Å². The van der Waals surface area contributed by atoms with Crippen LogP contribution in [0.15, 0.2) is 0 Å². The number of hydrogen-bond acceptors (Lipinski definition) is 3. The number of carboxylic acid groups (broad SMARTS) is 1. The molecular formula is C3H4NO3-. The van der Waals surface area contributed by atoms with Gasteiger partial charge in [-0.1, -0.05) is 0 Å². The zero-order valence-corrected chi connectivity index (χ0v) is 3.46. The molecule has 40 valence electrons. The highest BCUT2D eigenvalue weighted by molar-refractivity contribution is 5.67. The second kappa shape index (κ2) is 8.87. The van der Waals surface area contributed by atoms with Crippen molar-refractivity contribution in [1.29, 1.82) is 5.26 Å². The molecule has 0 aliphatic rings. The lowest BCUT2D eigenvalue weighted by Crippen LogP contribution is -1.98. The maximum absolute atomic E-state index is 9.12. The van der Waals surface area contributed by atoms with Gasteiger partial charge in [-0.05, 0) is 0 Å². The molecule has 2 N–H and O–H groups in total. The van der Waals surface area contributed by atoms with E-state index in [4.69, 9.17) is 26.8 Å². The normalized spacial score (nSPS) is 5.57. The first-order valence-corrected chi connectivity index (χ1v) is 1.32. The van der Waals surface area contributed by atoms with E-state index in [2.05, 4.69) is 0 Å². The summed E-state index contributed by atoms with van der Waals surface area (Å²) in [5.74, 6) is -1.19. The zero-order valence-electron chi connectivity index (χ0n) is 3.46. The lowest BCUT2D eigenvalue weighted by Gasteiger charge is -1.72. The van der Waals surface area contributed by atoms with E-state index in [1.54, 1.807) is 0 Å². The van der Waals surface area contributed by atoms with Crippen molar-refractivity contribution in [3.05, 3.63) is 6.57 Å². The molecule has 4 heteroatoms. The smallest absolute Gasteiger partial charge is 0.329 e. The third kappa shape index (κ3) is 49.6. The summed E-state index contributed by atoms with van der Waals surface area (Å²) >= 11 is 0. The SMILES string of the molecule is O=C(O)CO.[C-]#N. The van der Waals surface area contributed by atoms with Gasteiger partial charge in [0.05, 0.1) is 0 Å². The Labute approximate surface area is 40.6 Å². The minimum atomic E-state index is -1.19. The zero-order chi connectivity index (χ0) is 6.28. The Morgan fingerprint density at radius 3 is 1.86 bits per heavy atom. The van der Waals surface area contributed by atoms with Crippen molar-refractivity contribution >= 4 is 5.97 Å². The molecule has 0 heterocycles. The molecule has 0 amide bonds. The van der Waals surface area contributed by atoms with Gasteiger partial charge in [0, 0.05) is 0 Å². The summed E-state index contributed by atoms with van der Waals surface area (Å²) in [4.78, 5) is 9.12. The minimum absolute atomic E-state index is 0.778. The molecule has 0 bridgehead atoms. The number of aliphatic hydroxyl groups is 1. The fraction of sp³-hybridized carbons (Fsp3) is 0.333. The molecule has 7 heavy (non-hydrogen) atoms. The van der Waals surface area contributed by atoms with Crippen molar-refractivity contribution in [3.63, 3.8) is 0 Å². The van der Waals surface area contributed by atoms with Gasteiger partial charge in [0.15, 0.2) is 0 Å². The number of nitrogens with zero attached hydrogens (tertiary/aromatic N) is 1. The molecule has 0 rings (SSSR count). The predicted molar refractivity (Wildman–Crippen MR) is 19.7 cm³/mol. The van der Waals surface area contributed by atoms with Crippen LogP contribution in [0, 0.1) is 11.8 Å². The Morgan fingerprint density at radius 1 is 1.71 bits per heavy atom. The van der Waals surface area contributed by atoms with Crippen LogP contribution in [0.2, 0.25) is 0 Å². The number of carbonyl (C=O) groups is 1. The van der Waals surface area contributed by atoms with Crippen LogP contribution in [0.4, 0.5) is 0 Å². The van der Waals surface area contributed by atoms with Crippen LogP contribution >= 0.6 is 0 Å². The molecule has 0 aromatic heterocycles. The number of carboxylic acids is 1. The molecule has 0 spiro atoms. The Kier molecular flexibility index (Phi) is 11.8. The van der Waals surface area contributed by atoms with Crippen molar-refractivity contribution in [2.75, 3.05) is 6.61 Å². The first-order chi connectivity index (χ1) is 3.27. The van der Waals surface area contributed by atoms with Crippen molar-refractivity contribution in [2.45, 2.75) is 0 Å². The summed E-state index contributed by atoms with van der Waals surface area (Å²) in [5.41, 5.74) is 0. The lowest BCUT2D eigenvalue weighted by atomic mass is 10.8.